The molecule has 1 fully saturated rings. The topological polar surface area (TPSA) is 85.8 Å². The number of rotatable bonds is 6. The van der Waals surface area contributed by atoms with E-state index in [1.165, 1.54) is 0 Å². The summed E-state index contributed by atoms with van der Waals surface area (Å²) >= 11 is 0. The largest absolute Gasteiger partial charge is 0.388 e. The van der Waals surface area contributed by atoms with Crippen molar-refractivity contribution in [2.75, 3.05) is 33.4 Å². The highest BCUT2D eigenvalue weighted by Gasteiger charge is 2.29. The molecule has 0 atom stereocenters. The highest BCUT2D eigenvalue weighted by Crippen LogP contribution is 2.21. The summed E-state index contributed by atoms with van der Waals surface area (Å²) in [6.07, 6.45) is 3.10. The molecule has 1 aliphatic heterocycles. The molecule has 1 aliphatic rings. The number of hydrogen-bond acceptors (Lipinski definition) is 4. The Morgan fingerprint density at radius 2 is 2.04 bits per heavy atom. The van der Waals surface area contributed by atoms with Crippen molar-refractivity contribution in [3.8, 4) is 11.3 Å². The fraction of sp³-hybridized carbons (Fsp3) is 0.500. The molecule has 7 nitrogen and oxygen atoms in total. The Labute approximate surface area is 183 Å². The zero-order valence-corrected chi connectivity index (χ0v) is 18.8. The molecule has 0 amide bonds. The second kappa shape index (κ2) is 10.8. The van der Waals surface area contributed by atoms with Crippen molar-refractivity contribution in [3.63, 3.8) is 0 Å². The van der Waals surface area contributed by atoms with Gasteiger partial charge in [-0.2, -0.15) is 0 Å². The maximum absolute atomic E-state index is 10.6. The molecule has 3 N–H and O–H groups in total. The van der Waals surface area contributed by atoms with Gasteiger partial charge in [0.05, 0.1) is 30.6 Å². The zero-order valence-electron chi connectivity index (χ0n) is 16.5. The van der Waals surface area contributed by atoms with Crippen LogP contribution in [-0.4, -0.2) is 64.9 Å². The first-order valence-corrected chi connectivity index (χ1v) is 9.48. The number of hydrogen-bond donors (Lipinski definition) is 3. The molecule has 0 saturated carbocycles. The van der Waals surface area contributed by atoms with Crippen LogP contribution >= 0.6 is 24.0 Å². The SMILES string of the molecule is CCNC(=NCC1(O)CCOCC1)N(C)Cc1ncc(-c2ccccc2)[nH]1.I. The summed E-state index contributed by atoms with van der Waals surface area (Å²) in [4.78, 5) is 14.5. The van der Waals surface area contributed by atoms with Gasteiger partial charge in [0.15, 0.2) is 5.96 Å². The molecule has 2 aromatic rings. The minimum atomic E-state index is -0.773. The van der Waals surface area contributed by atoms with Crippen LogP contribution in [0.15, 0.2) is 41.5 Å². The first-order chi connectivity index (χ1) is 13.1. The summed E-state index contributed by atoms with van der Waals surface area (Å²) in [6.45, 7) is 4.95. The number of aromatic nitrogens is 2. The summed E-state index contributed by atoms with van der Waals surface area (Å²) in [6, 6.07) is 10.1. The van der Waals surface area contributed by atoms with Gasteiger partial charge in [0, 0.05) is 39.6 Å². The fourth-order valence-corrected chi connectivity index (χ4v) is 3.11. The average molecular weight is 499 g/mol. The predicted octanol–water partition coefficient (Wildman–Crippen LogP) is 2.63. The van der Waals surface area contributed by atoms with Gasteiger partial charge in [-0.05, 0) is 12.5 Å². The third-order valence-electron chi connectivity index (χ3n) is 4.74. The van der Waals surface area contributed by atoms with Crippen molar-refractivity contribution in [2.24, 2.45) is 4.99 Å². The van der Waals surface area contributed by atoms with Crippen molar-refractivity contribution in [3.05, 3.63) is 42.4 Å². The molecule has 0 aliphatic carbocycles. The Morgan fingerprint density at radius 3 is 2.71 bits per heavy atom. The van der Waals surface area contributed by atoms with E-state index in [0.29, 0.717) is 39.1 Å². The molecule has 1 aromatic heterocycles. The molecular formula is C20H30IN5O2. The number of halogens is 1. The van der Waals surface area contributed by atoms with Crippen LogP contribution in [-0.2, 0) is 11.3 Å². The van der Waals surface area contributed by atoms with Crippen LogP contribution in [0.5, 0.6) is 0 Å². The van der Waals surface area contributed by atoms with Crippen LogP contribution in [0.1, 0.15) is 25.6 Å². The molecule has 0 spiro atoms. The fourth-order valence-electron chi connectivity index (χ4n) is 3.11. The van der Waals surface area contributed by atoms with E-state index in [1.807, 2.05) is 43.3 Å². The molecular weight excluding hydrogens is 469 g/mol. The van der Waals surface area contributed by atoms with Gasteiger partial charge in [-0.1, -0.05) is 30.3 Å². The Morgan fingerprint density at radius 1 is 1.32 bits per heavy atom. The standard InChI is InChI=1S/C20H29N5O2.HI/c1-3-21-19(23-15-20(26)9-11-27-12-10-20)25(2)14-18-22-13-17(24-18)16-7-5-4-6-8-16;/h4-8,13,26H,3,9-12,14-15H2,1-2H3,(H,21,23)(H,22,24);1H. The van der Waals surface area contributed by atoms with E-state index in [9.17, 15) is 5.11 Å². The Bertz CT molecular complexity index is 744. The summed E-state index contributed by atoms with van der Waals surface area (Å²) in [7, 11) is 1.97. The Hall–Kier alpha value is -1.65. The van der Waals surface area contributed by atoms with Crippen LogP contribution in [0.25, 0.3) is 11.3 Å². The lowest BCUT2D eigenvalue weighted by molar-refractivity contribution is -0.0566. The number of guanidine groups is 1. The number of aliphatic imine (C=N–C) groups is 1. The van der Waals surface area contributed by atoms with E-state index in [-0.39, 0.29) is 24.0 Å². The maximum Gasteiger partial charge on any atom is 0.194 e. The first kappa shape index (κ1) is 22.6. The zero-order chi connectivity index (χ0) is 19.1. The van der Waals surface area contributed by atoms with E-state index in [1.54, 1.807) is 0 Å². The summed E-state index contributed by atoms with van der Waals surface area (Å²) in [5.41, 5.74) is 1.34. The molecule has 8 heteroatoms. The van der Waals surface area contributed by atoms with Gasteiger partial charge in [-0.3, -0.25) is 4.99 Å². The van der Waals surface area contributed by atoms with Crippen molar-refractivity contribution >= 4 is 29.9 Å². The number of aliphatic hydroxyl groups is 1. The maximum atomic E-state index is 10.6. The first-order valence-electron chi connectivity index (χ1n) is 9.48. The van der Waals surface area contributed by atoms with Crippen LogP contribution < -0.4 is 5.32 Å². The van der Waals surface area contributed by atoms with Gasteiger partial charge in [-0.15, -0.1) is 24.0 Å². The van der Waals surface area contributed by atoms with E-state index < -0.39 is 5.60 Å². The monoisotopic (exact) mass is 499 g/mol. The molecule has 3 rings (SSSR count). The van der Waals surface area contributed by atoms with Crippen LogP contribution in [0, 0.1) is 0 Å². The van der Waals surface area contributed by atoms with E-state index in [0.717, 1.165) is 29.6 Å². The van der Waals surface area contributed by atoms with Gasteiger partial charge in [0.2, 0.25) is 0 Å². The second-order valence-corrected chi connectivity index (χ2v) is 6.97. The average Bonchev–Trinajstić information content (AvgIpc) is 3.15. The number of nitrogens with one attached hydrogen (secondary N) is 2. The Balaban J connectivity index is 0.00000280. The van der Waals surface area contributed by atoms with Crippen molar-refractivity contribution < 1.29 is 9.84 Å². The summed E-state index contributed by atoms with van der Waals surface area (Å²) in [5, 5.41) is 13.9. The highest BCUT2D eigenvalue weighted by atomic mass is 127. The minimum absolute atomic E-state index is 0. The minimum Gasteiger partial charge on any atom is -0.388 e. The van der Waals surface area contributed by atoms with Gasteiger partial charge in [-0.25, -0.2) is 4.98 Å². The van der Waals surface area contributed by atoms with Crippen LogP contribution in [0.4, 0.5) is 0 Å². The quantitative estimate of drug-likeness (QED) is 0.323. The number of ether oxygens (including phenoxy) is 1. The number of H-pyrrole nitrogens is 1. The predicted molar refractivity (Wildman–Crippen MR) is 122 cm³/mol. The lowest BCUT2D eigenvalue weighted by atomic mass is 9.95. The van der Waals surface area contributed by atoms with Crippen molar-refractivity contribution in [1.82, 2.24) is 20.2 Å². The molecule has 28 heavy (non-hydrogen) atoms. The number of aromatic amines is 1. The highest BCUT2D eigenvalue weighted by molar-refractivity contribution is 14.0. The van der Waals surface area contributed by atoms with Crippen molar-refractivity contribution in [2.45, 2.75) is 31.9 Å². The second-order valence-electron chi connectivity index (χ2n) is 6.97. The van der Waals surface area contributed by atoms with Crippen molar-refractivity contribution in [1.29, 1.82) is 0 Å². The van der Waals surface area contributed by atoms with Crippen LogP contribution in [0.3, 0.4) is 0 Å². The summed E-state index contributed by atoms with van der Waals surface area (Å²) in [5.74, 6) is 1.63. The number of imidazole rings is 1. The molecule has 0 radical (unpaired) electrons. The third-order valence-corrected chi connectivity index (χ3v) is 4.74. The van der Waals surface area contributed by atoms with Gasteiger partial charge in [0.25, 0.3) is 0 Å². The normalized spacial score (nSPS) is 16.3. The molecule has 154 valence electrons. The Kier molecular flexibility index (Phi) is 8.71. The molecule has 1 aromatic carbocycles. The van der Waals surface area contributed by atoms with Gasteiger partial charge >= 0.3 is 0 Å². The molecule has 0 bridgehead atoms. The van der Waals surface area contributed by atoms with Gasteiger partial charge < -0.3 is 25.0 Å². The molecule has 2 heterocycles. The van der Waals surface area contributed by atoms with E-state index in [2.05, 4.69) is 32.4 Å². The number of nitrogens with zero attached hydrogens (tertiary/aromatic N) is 3. The van der Waals surface area contributed by atoms with E-state index in [4.69, 9.17) is 4.74 Å². The lowest BCUT2D eigenvalue weighted by Gasteiger charge is -2.31. The lowest BCUT2D eigenvalue weighted by Crippen LogP contribution is -2.43. The third kappa shape index (κ3) is 6.18. The van der Waals surface area contributed by atoms with Gasteiger partial charge in [0.1, 0.15) is 5.82 Å². The number of benzene rings is 1. The van der Waals surface area contributed by atoms with E-state index >= 15 is 0 Å². The molecule has 0 unspecified atom stereocenters. The smallest absolute Gasteiger partial charge is 0.194 e. The molecule has 1 saturated heterocycles. The summed E-state index contributed by atoms with van der Waals surface area (Å²) < 4.78 is 5.34. The van der Waals surface area contributed by atoms with Crippen LogP contribution in [0.2, 0.25) is 0 Å².